The molecule has 0 radical (unpaired) electrons. The summed E-state index contributed by atoms with van der Waals surface area (Å²) in [6.07, 6.45) is -1.16. The normalized spacial score (nSPS) is 13.1. The standard InChI is InChI=1S/C5H14NO.C4H6O7S/c1-6(2,3)4-5-7;5-3(6)1-2(4(7)8)12(9,10)11/h7H,4-5H2,1-3H3;2H,1H2,(H,5,6)(H,7,8)(H,9,10,11)/q+1;. The summed E-state index contributed by atoms with van der Waals surface area (Å²) < 4.78 is 29.5. The van der Waals surface area contributed by atoms with Crippen molar-refractivity contribution in [3.8, 4) is 0 Å². The first-order valence-corrected chi connectivity index (χ1v) is 6.63. The summed E-state index contributed by atoms with van der Waals surface area (Å²) in [5.74, 6) is -3.50. The number of quaternary nitrogens is 1. The molecule has 0 amide bonds. The van der Waals surface area contributed by atoms with Crippen LogP contribution < -0.4 is 0 Å². The van der Waals surface area contributed by atoms with Crippen molar-refractivity contribution in [3.05, 3.63) is 0 Å². The van der Waals surface area contributed by atoms with Crippen molar-refractivity contribution in [2.45, 2.75) is 11.7 Å². The molecule has 4 N–H and O–H groups in total. The monoisotopic (exact) mass is 302 g/mol. The maximum absolute atomic E-state index is 10.2. The van der Waals surface area contributed by atoms with E-state index in [0.29, 0.717) is 0 Å². The topological polar surface area (TPSA) is 149 Å². The molecule has 0 saturated heterocycles. The molecule has 1 unspecified atom stereocenters. The number of carboxylic acids is 2. The summed E-state index contributed by atoms with van der Waals surface area (Å²) in [6.45, 7) is 1.11. The van der Waals surface area contributed by atoms with Crippen molar-refractivity contribution in [1.29, 1.82) is 0 Å². The first kappa shape index (κ1) is 20.1. The summed E-state index contributed by atoms with van der Waals surface area (Å²) in [6, 6.07) is 0. The highest BCUT2D eigenvalue weighted by atomic mass is 32.2. The molecule has 0 heterocycles. The van der Waals surface area contributed by atoms with E-state index in [9.17, 15) is 18.0 Å². The number of aliphatic carboxylic acids is 2. The lowest BCUT2D eigenvalue weighted by atomic mass is 10.3. The van der Waals surface area contributed by atoms with Gasteiger partial charge < -0.3 is 19.8 Å². The predicted octanol–water partition coefficient (Wildman–Crippen LogP) is -1.51. The maximum atomic E-state index is 10.2. The minimum atomic E-state index is -4.84. The number of hydrogen-bond acceptors (Lipinski definition) is 5. The van der Waals surface area contributed by atoms with Gasteiger partial charge in [-0.2, -0.15) is 8.42 Å². The van der Waals surface area contributed by atoms with E-state index < -0.39 is 33.7 Å². The first-order valence-electron chi connectivity index (χ1n) is 5.13. The fraction of sp³-hybridized carbons (Fsp3) is 0.778. The fourth-order valence-electron chi connectivity index (χ4n) is 0.779. The van der Waals surface area contributed by atoms with Crippen LogP contribution in [0.25, 0.3) is 0 Å². The van der Waals surface area contributed by atoms with Gasteiger partial charge in [0, 0.05) is 0 Å². The lowest BCUT2D eigenvalue weighted by Crippen LogP contribution is -2.36. The number of likely N-dealkylation sites (N-methyl/N-ethyl adjacent to an activating group) is 1. The molecule has 1 atom stereocenters. The molecule has 114 valence electrons. The van der Waals surface area contributed by atoms with E-state index in [1.165, 1.54) is 0 Å². The Kier molecular flexibility index (Phi) is 8.51. The third-order valence-electron chi connectivity index (χ3n) is 1.77. The van der Waals surface area contributed by atoms with Gasteiger partial charge in [0.25, 0.3) is 10.1 Å². The van der Waals surface area contributed by atoms with Crippen LogP contribution in [-0.2, 0) is 19.7 Å². The van der Waals surface area contributed by atoms with Crippen molar-refractivity contribution < 1.29 is 42.4 Å². The number of carbonyl (C=O) groups is 2. The molecule has 10 heteroatoms. The summed E-state index contributed by atoms with van der Waals surface area (Å²) >= 11 is 0. The molecule has 0 aliphatic carbocycles. The van der Waals surface area contributed by atoms with Crippen LogP contribution in [0.15, 0.2) is 0 Å². The molecule has 19 heavy (non-hydrogen) atoms. The lowest BCUT2D eigenvalue weighted by molar-refractivity contribution is -0.870. The van der Waals surface area contributed by atoms with Crippen LogP contribution in [0.2, 0.25) is 0 Å². The Bertz CT molecular complexity index is 397. The number of rotatable bonds is 6. The van der Waals surface area contributed by atoms with Crippen molar-refractivity contribution in [2.75, 3.05) is 34.3 Å². The number of nitrogens with zero attached hydrogens (tertiary/aromatic N) is 1. The largest absolute Gasteiger partial charge is 0.481 e. The van der Waals surface area contributed by atoms with Gasteiger partial charge in [-0.25, -0.2) is 0 Å². The minimum absolute atomic E-state index is 0.281. The zero-order chi connectivity index (χ0) is 15.9. The first-order chi connectivity index (χ1) is 8.31. The van der Waals surface area contributed by atoms with Crippen LogP contribution in [0.1, 0.15) is 6.42 Å². The molecule has 0 aliphatic rings. The second-order valence-electron chi connectivity index (χ2n) is 4.68. The molecular formula is C9H20NO8S+. The molecule has 0 aromatic heterocycles. The van der Waals surface area contributed by atoms with E-state index >= 15 is 0 Å². The number of aliphatic hydroxyl groups excluding tert-OH is 1. The van der Waals surface area contributed by atoms with Gasteiger partial charge in [0.2, 0.25) is 0 Å². The molecule has 9 nitrogen and oxygen atoms in total. The Morgan fingerprint density at radius 3 is 1.63 bits per heavy atom. The van der Waals surface area contributed by atoms with Gasteiger partial charge in [-0.1, -0.05) is 0 Å². The lowest BCUT2D eigenvalue weighted by Gasteiger charge is -2.21. The average molecular weight is 302 g/mol. The third-order valence-corrected chi connectivity index (χ3v) is 2.85. The van der Waals surface area contributed by atoms with Crippen LogP contribution in [0.5, 0.6) is 0 Å². The van der Waals surface area contributed by atoms with Crippen molar-refractivity contribution in [3.63, 3.8) is 0 Å². The highest BCUT2D eigenvalue weighted by Gasteiger charge is 2.33. The van der Waals surface area contributed by atoms with Crippen molar-refractivity contribution >= 4 is 22.1 Å². The van der Waals surface area contributed by atoms with Crippen LogP contribution >= 0.6 is 0 Å². The van der Waals surface area contributed by atoms with Gasteiger partial charge in [0.15, 0.2) is 5.25 Å². The maximum Gasteiger partial charge on any atom is 0.325 e. The van der Waals surface area contributed by atoms with Crippen LogP contribution in [0.3, 0.4) is 0 Å². The quantitative estimate of drug-likeness (QED) is 0.341. The van der Waals surface area contributed by atoms with E-state index in [1.54, 1.807) is 0 Å². The third kappa shape index (κ3) is 13.0. The summed E-state index contributed by atoms with van der Waals surface area (Å²) in [4.78, 5) is 20.0. The Labute approximate surface area is 111 Å². The zero-order valence-corrected chi connectivity index (χ0v) is 11.8. The van der Waals surface area contributed by atoms with E-state index in [-0.39, 0.29) is 6.61 Å². The summed E-state index contributed by atoms with van der Waals surface area (Å²) in [5.41, 5.74) is 0. The SMILES string of the molecule is C[N+](C)(C)CCO.O=C(O)CC(C(=O)O)S(=O)(=O)O. The zero-order valence-electron chi connectivity index (χ0n) is 11.0. The fourth-order valence-corrected chi connectivity index (χ4v) is 1.39. The number of aliphatic hydroxyl groups is 1. The van der Waals surface area contributed by atoms with Crippen LogP contribution in [0.4, 0.5) is 0 Å². The van der Waals surface area contributed by atoms with E-state index in [0.717, 1.165) is 11.0 Å². The van der Waals surface area contributed by atoms with Gasteiger partial charge in [-0.3, -0.25) is 14.1 Å². The van der Waals surface area contributed by atoms with Crippen LogP contribution in [-0.4, -0.2) is 84.3 Å². The minimum Gasteiger partial charge on any atom is -0.481 e. The Hall–Kier alpha value is -1.23. The van der Waals surface area contributed by atoms with Gasteiger partial charge in [0.05, 0.1) is 34.2 Å². The summed E-state index contributed by atoms with van der Waals surface area (Å²) in [7, 11) is 1.32. The van der Waals surface area contributed by atoms with Gasteiger partial charge in [0.1, 0.15) is 6.54 Å². The van der Waals surface area contributed by atoms with E-state index in [2.05, 4.69) is 21.1 Å². The highest BCUT2D eigenvalue weighted by molar-refractivity contribution is 7.87. The molecule has 0 aromatic rings. The highest BCUT2D eigenvalue weighted by Crippen LogP contribution is 2.04. The molecule has 0 spiro atoms. The van der Waals surface area contributed by atoms with Gasteiger partial charge >= 0.3 is 11.9 Å². The van der Waals surface area contributed by atoms with E-state index in [1.807, 2.05) is 0 Å². The van der Waals surface area contributed by atoms with Gasteiger partial charge in [-0.05, 0) is 0 Å². The Morgan fingerprint density at radius 1 is 1.16 bits per heavy atom. The molecule has 0 saturated carbocycles. The smallest absolute Gasteiger partial charge is 0.325 e. The second-order valence-corrected chi connectivity index (χ2v) is 6.28. The van der Waals surface area contributed by atoms with Crippen LogP contribution in [0, 0.1) is 0 Å². The van der Waals surface area contributed by atoms with Gasteiger partial charge in [-0.15, -0.1) is 0 Å². The molecule has 0 aliphatic heterocycles. The molecule has 0 rings (SSSR count). The number of carboxylic acid groups (broad SMARTS) is 2. The summed E-state index contributed by atoms with van der Waals surface area (Å²) in [5, 5.41) is 22.3. The number of hydrogen-bond donors (Lipinski definition) is 4. The molecular weight excluding hydrogens is 282 g/mol. The molecule has 0 bridgehead atoms. The molecule has 0 aromatic carbocycles. The molecule has 0 fully saturated rings. The van der Waals surface area contributed by atoms with Crippen molar-refractivity contribution in [1.82, 2.24) is 0 Å². The Morgan fingerprint density at radius 2 is 1.58 bits per heavy atom. The average Bonchev–Trinajstić information content (AvgIpc) is 2.10. The predicted molar refractivity (Wildman–Crippen MR) is 65.2 cm³/mol. The second kappa shape index (κ2) is 8.04. The van der Waals surface area contributed by atoms with Crippen molar-refractivity contribution in [2.24, 2.45) is 0 Å². The Balaban J connectivity index is 0. The van der Waals surface area contributed by atoms with E-state index in [4.69, 9.17) is 19.9 Å².